The third-order valence-electron chi connectivity index (χ3n) is 3.58. The molecule has 0 fully saturated rings. The number of fused-ring (bicyclic) bond motifs is 1. The molecule has 3 aromatic rings. The van der Waals surface area contributed by atoms with Gasteiger partial charge in [0, 0.05) is 0 Å². The standard InChI is InChI=1S/C19H20ClN5O4/c1-19(2,3)29-18(27)24-17-22-15(20)14-16(23-17)25(11-21-14)9-13(26)28-10-12-7-5-4-6-8-12/h4-8,11H,9-10H2,1-3H3,(H,22,23,24,27). The predicted molar refractivity (Wildman–Crippen MR) is 106 cm³/mol. The molecule has 0 unspecified atom stereocenters. The zero-order chi connectivity index (χ0) is 21.0. The number of anilines is 1. The van der Waals surface area contributed by atoms with Gasteiger partial charge in [0.25, 0.3) is 0 Å². The summed E-state index contributed by atoms with van der Waals surface area (Å²) in [6.45, 7) is 5.25. The Balaban J connectivity index is 1.72. The molecule has 9 nitrogen and oxygen atoms in total. The van der Waals surface area contributed by atoms with Crippen molar-refractivity contribution in [3.05, 3.63) is 47.4 Å². The third-order valence-corrected chi connectivity index (χ3v) is 3.84. The second kappa shape index (κ2) is 8.44. The highest BCUT2D eigenvalue weighted by Crippen LogP contribution is 2.21. The van der Waals surface area contributed by atoms with Crippen molar-refractivity contribution in [1.82, 2.24) is 19.5 Å². The molecule has 152 valence electrons. The van der Waals surface area contributed by atoms with E-state index < -0.39 is 17.7 Å². The Morgan fingerprint density at radius 2 is 1.90 bits per heavy atom. The Hall–Kier alpha value is -3.20. The van der Waals surface area contributed by atoms with Crippen LogP contribution in [-0.4, -0.2) is 37.2 Å². The number of esters is 1. The number of imidazole rings is 1. The maximum Gasteiger partial charge on any atom is 0.414 e. The van der Waals surface area contributed by atoms with E-state index in [9.17, 15) is 9.59 Å². The first kappa shape index (κ1) is 20.5. The molecule has 1 amide bonds. The molecule has 0 saturated heterocycles. The lowest BCUT2D eigenvalue weighted by Gasteiger charge is -2.19. The number of rotatable bonds is 5. The molecule has 29 heavy (non-hydrogen) atoms. The predicted octanol–water partition coefficient (Wildman–Crippen LogP) is 3.57. The van der Waals surface area contributed by atoms with E-state index >= 15 is 0 Å². The monoisotopic (exact) mass is 417 g/mol. The van der Waals surface area contributed by atoms with Gasteiger partial charge in [-0.05, 0) is 26.3 Å². The van der Waals surface area contributed by atoms with Crippen molar-refractivity contribution in [3.8, 4) is 0 Å². The van der Waals surface area contributed by atoms with Crippen LogP contribution in [0.3, 0.4) is 0 Å². The smallest absolute Gasteiger partial charge is 0.414 e. The molecule has 0 spiro atoms. The molecule has 10 heteroatoms. The van der Waals surface area contributed by atoms with Crippen molar-refractivity contribution in [2.75, 3.05) is 5.32 Å². The van der Waals surface area contributed by atoms with E-state index in [1.165, 1.54) is 10.9 Å². The van der Waals surface area contributed by atoms with Crippen molar-refractivity contribution in [3.63, 3.8) is 0 Å². The van der Waals surface area contributed by atoms with Crippen LogP contribution in [0.1, 0.15) is 26.3 Å². The SMILES string of the molecule is CC(C)(C)OC(=O)Nc1nc(Cl)c2ncn(CC(=O)OCc3ccccc3)c2n1. The summed E-state index contributed by atoms with van der Waals surface area (Å²) in [5.41, 5.74) is 0.790. The average molecular weight is 418 g/mol. The number of aromatic nitrogens is 4. The van der Waals surface area contributed by atoms with E-state index in [0.29, 0.717) is 5.52 Å². The molecule has 0 aliphatic carbocycles. The van der Waals surface area contributed by atoms with Gasteiger partial charge >= 0.3 is 12.1 Å². The number of hydrogen-bond acceptors (Lipinski definition) is 7. The van der Waals surface area contributed by atoms with Gasteiger partial charge in [0.2, 0.25) is 5.95 Å². The quantitative estimate of drug-likeness (QED) is 0.499. The molecule has 0 aliphatic rings. The van der Waals surface area contributed by atoms with Gasteiger partial charge in [-0.3, -0.25) is 10.1 Å². The molecule has 0 aliphatic heterocycles. The summed E-state index contributed by atoms with van der Waals surface area (Å²) in [7, 11) is 0. The van der Waals surface area contributed by atoms with Crippen molar-refractivity contribution < 1.29 is 19.1 Å². The maximum absolute atomic E-state index is 12.2. The summed E-state index contributed by atoms with van der Waals surface area (Å²) in [5.74, 6) is -0.527. The fourth-order valence-electron chi connectivity index (χ4n) is 2.40. The van der Waals surface area contributed by atoms with Crippen LogP contribution in [0.15, 0.2) is 36.7 Å². The number of nitrogens with one attached hydrogen (secondary N) is 1. The Morgan fingerprint density at radius 3 is 2.59 bits per heavy atom. The topological polar surface area (TPSA) is 108 Å². The van der Waals surface area contributed by atoms with Gasteiger partial charge in [0.15, 0.2) is 10.8 Å². The molecule has 0 atom stereocenters. The molecule has 0 saturated carbocycles. The highest BCUT2D eigenvalue weighted by Gasteiger charge is 2.19. The molecule has 0 radical (unpaired) electrons. The van der Waals surface area contributed by atoms with Crippen molar-refractivity contribution in [1.29, 1.82) is 0 Å². The first-order chi connectivity index (χ1) is 13.7. The van der Waals surface area contributed by atoms with Crippen LogP contribution in [0.4, 0.5) is 10.7 Å². The summed E-state index contributed by atoms with van der Waals surface area (Å²) in [5, 5.41) is 2.46. The summed E-state index contributed by atoms with van der Waals surface area (Å²) in [6, 6.07) is 9.34. The summed E-state index contributed by atoms with van der Waals surface area (Å²) < 4.78 is 11.9. The maximum atomic E-state index is 12.2. The molecule has 2 aromatic heterocycles. The molecular weight excluding hydrogens is 398 g/mol. The minimum Gasteiger partial charge on any atom is -0.459 e. The number of nitrogens with zero attached hydrogens (tertiary/aromatic N) is 4. The Labute approximate surface area is 172 Å². The van der Waals surface area contributed by atoms with Crippen LogP contribution in [0, 0.1) is 0 Å². The fraction of sp³-hybridized carbons (Fsp3) is 0.316. The van der Waals surface area contributed by atoms with Gasteiger partial charge in [-0.15, -0.1) is 0 Å². The van der Waals surface area contributed by atoms with E-state index in [0.717, 1.165) is 5.56 Å². The lowest BCUT2D eigenvalue weighted by molar-refractivity contribution is -0.145. The minimum atomic E-state index is -0.721. The second-order valence-electron chi connectivity index (χ2n) is 7.16. The first-order valence-electron chi connectivity index (χ1n) is 8.79. The van der Waals surface area contributed by atoms with E-state index in [2.05, 4.69) is 20.3 Å². The van der Waals surface area contributed by atoms with Gasteiger partial charge in [-0.25, -0.2) is 9.78 Å². The van der Waals surface area contributed by atoms with Crippen molar-refractivity contribution >= 4 is 40.8 Å². The van der Waals surface area contributed by atoms with Gasteiger partial charge in [-0.1, -0.05) is 41.9 Å². The van der Waals surface area contributed by atoms with E-state index in [1.807, 2.05) is 30.3 Å². The van der Waals surface area contributed by atoms with Crippen LogP contribution >= 0.6 is 11.6 Å². The van der Waals surface area contributed by atoms with Gasteiger partial charge < -0.3 is 14.0 Å². The highest BCUT2D eigenvalue weighted by atomic mass is 35.5. The highest BCUT2D eigenvalue weighted by molar-refractivity contribution is 6.33. The zero-order valence-corrected chi connectivity index (χ0v) is 16.9. The molecule has 1 N–H and O–H groups in total. The van der Waals surface area contributed by atoms with Gasteiger partial charge in [0.1, 0.15) is 24.3 Å². The zero-order valence-electron chi connectivity index (χ0n) is 16.2. The number of halogens is 1. The first-order valence-corrected chi connectivity index (χ1v) is 9.17. The summed E-state index contributed by atoms with van der Waals surface area (Å²) in [6.07, 6.45) is 0.688. The summed E-state index contributed by atoms with van der Waals surface area (Å²) in [4.78, 5) is 36.5. The molecule has 0 bridgehead atoms. The van der Waals surface area contributed by atoms with Crippen LogP contribution in [0.2, 0.25) is 5.15 Å². The number of benzene rings is 1. The number of hydrogen-bond donors (Lipinski definition) is 1. The summed E-state index contributed by atoms with van der Waals surface area (Å²) >= 11 is 6.13. The van der Waals surface area contributed by atoms with Crippen LogP contribution in [0.25, 0.3) is 11.2 Å². The Morgan fingerprint density at radius 1 is 1.17 bits per heavy atom. The number of carbonyl (C=O) groups is 2. The largest absolute Gasteiger partial charge is 0.459 e. The van der Waals surface area contributed by atoms with E-state index in [-0.39, 0.29) is 29.9 Å². The van der Waals surface area contributed by atoms with Gasteiger partial charge in [0.05, 0.1) is 6.33 Å². The molecular formula is C19H20ClN5O4. The molecule has 3 rings (SSSR count). The average Bonchev–Trinajstić information content (AvgIpc) is 3.02. The Kier molecular flexibility index (Phi) is 5.97. The van der Waals surface area contributed by atoms with Crippen molar-refractivity contribution in [2.45, 2.75) is 39.5 Å². The number of carbonyl (C=O) groups excluding carboxylic acids is 2. The van der Waals surface area contributed by atoms with E-state index in [4.69, 9.17) is 21.1 Å². The third kappa shape index (κ3) is 5.64. The second-order valence-corrected chi connectivity index (χ2v) is 7.51. The van der Waals surface area contributed by atoms with Crippen LogP contribution in [-0.2, 0) is 27.4 Å². The normalized spacial score (nSPS) is 11.3. The van der Waals surface area contributed by atoms with Crippen molar-refractivity contribution in [2.24, 2.45) is 0 Å². The van der Waals surface area contributed by atoms with Crippen LogP contribution in [0.5, 0.6) is 0 Å². The Bertz CT molecular complexity index is 1030. The van der Waals surface area contributed by atoms with Crippen LogP contribution < -0.4 is 5.32 Å². The minimum absolute atomic E-state index is 0.0393. The lowest BCUT2D eigenvalue weighted by Crippen LogP contribution is -2.27. The lowest BCUT2D eigenvalue weighted by atomic mass is 10.2. The number of ether oxygens (including phenoxy) is 2. The fourth-order valence-corrected chi connectivity index (χ4v) is 2.61. The molecule has 1 aromatic carbocycles. The van der Waals surface area contributed by atoms with E-state index in [1.54, 1.807) is 20.8 Å². The number of amides is 1. The molecule has 2 heterocycles. The van der Waals surface area contributed by atoms with Gasteiger partial charge in [-0.2, -0.15) is 9.97 Å².